The number of hydrogen-bond acceptors (Lipinski definition) is 3. The first-order chi connectivity index (χ1) is 15.0. The molecule has 3 aromatic carbocycles. The highest BCUT2D eigenvalue weighted by Gasteiger charge is 2.42. The second kappa shape index (κ2) is 8.68. The van der Waals surface area contributed by atoms with Gasteiger partial charge in [-0.2, -0.15) is 0 Å². The van der Waals surface area contributed by atoms with Crippen LogP contribution in [0.25, 0.3) is 0 Å². The summed E-state index contributed by atoms with van der Waals surface area (Å²) in [6.45, 7) is 8.96. The van der Waals surface area contributed by atoms with Gasteiger partial charge in [-0.3, -0.25) is 4.79 Å². The molecule has 4 rings (SSSR count). The number of nitrogens with zero attached hydrogens (tertiary/aromatic N) is 1. The predicted molar refractivity (Wildman–Crippen MR) is 125 cm³/mol. The number of fused-ring (bicyclic) bond motifs is 1. The lowest BCUT2D eigenvalue weighted by atomic mass is 9.93. The molecule has 1 aliphatic rings. The van der Waals surface area contributed by atoms with E-state index < -0.39 is 5.66 Å². The largest absolute Gasteiger partial charge is 0.489 e. The van der Waals surface area contributed by atoms with Crippen molar-refractivity contribution in [1.82, 2.24) is 4.90 Å². The molecule has 1 amide bonds. The third-order valence-electron chi connectivity index (χ3n) is 5.67. The summed E-state index contributed by atoms with van der Waals surface area (Å²) in [7, 11) is 0. The van der Waals surface area contributed by atoms with E-state index in [0.29, 0.717) is 18.7 Å². The van der Waals surface area contributed by atoms with Gasteiger partial charge in [-0.15, -0.1) is 0 Å². The number of amides is 1. The van der Waals surface area contributed by atoms with Crippen LogP contribution >= 0.6 is 0 Å². The minimum absolute atomic E-state index is 0.0287. The van der Waals surface area contributed by atoms with E-state index in [9.17, 15) is 4.79 Å². The van der Waals surface area contributed by atoms with Crippen LogP contribution in [0.1, 0.15) is 35.3 Å². The van der Waals surface area contributed by atoms with Gasteiger partial charge in [0, 0.05) is 17.8 Å². The Balaban J connectivity index is 1.70. The van der Waals surface area contributed by atoms with Crippen LogP contribution in [-0.4, -0.2) is 24.0 Å². The van der Waals surface area contributed by atoms with Crippen LogP contribution in [0.5, 0.6) is 5.75 Å². The first kappa shape index (κ1) is 20.7. The number of carbonyl (C=O) groups excluding carboxylic acids is 1. The number of para-hydroxylation sites is 1. The van der Waals surface area contributed by atoms with E-state index in [4.69, 9.17) is 4.74 Å². The molecular formula is C27H28N2O2. The van der Waals surface area contributed by atoms with Crippen molar-refractivity contribution in [1.29, 1.82) is 0 Å². The lowest BCUT2D eigenvalue weighted by Gasteiger charge is -2.47. The maximum absolute atomic E-state index is 13.6. The van der Waals surface area contributed by atoms with Crippen molar-refractivity contribution in [3.05, 3.63) is 108 Å². The fourth-order valence-corrected chi connectivity index (χ4v) is 3.99. The van der Waals surface area contributed by atoms with Crippen LogP contribution in [0.15, 0.2) is 91.0 Å². The Labute approximate surface area is 184 Å². The van der Waals surface area contributed by atoms with Crippen molar-refractivity contribution < 1.29 is 9.53 Å². The molecule has 0 saturated heterocycles. The molecule has 1 atom stereocenters. The highest BCUT2D eigenvalue weighted by molar-refractivity contribution is 6.02. The molecule has 0 radical (unpaired) electrons. The summed E-state index contributed by atoms with van der Waals surface area (Å²) < 4.78 is 5.87. The van der Waals surface area contributed by atoms with E-state index in [1.165, 1.54) is 5.56 Å². The Bertz CT molecular complexity index is 1090. The third kappa shape index (κ3) is 4.33. The second-order valence-corrected chi connectivity index (χ2v) is 8.21. The van der Waals surface area contributed by atoms with Gasteiger partial charge in [-0.05, 0) is 55.7 Å². The number of carbonyl (C=O) groups is 1. The molecule has 0 spiro atoms. The molecular weight excluding hydrogens is 384 g/mol. The van der Waals surface area contributed by atoms with E-state index in [1.54, 1.807) is 0 Å². The first-order valence-corrected chi connectivity index (χ1v) is 10.6. The smallest absolute Gasteiger partial charge is 0.258 e. The number of rotatable bonds is 7. The van der Waals surface area contributed by atoms with Gasteiger partial charge in [-0.1, -0.05) is 61.2 Å². The number of hydrogen-bond donors (Lipinski definition) is 1. The summed E-state index contributed by atoms with van der Waals surface area (Å²) in [5.41, 5.74) is 3.98. The maximum Gasteiger partial charge on any atom is 0.258 e. The molecule has 1 unspecified atom stereocenters. The molecule has 1 heterocycles. The highest BCUT2D eigenvalue weighted by atomic mass is 16.5. The first-order valence-electron chi connectivity index (χ1n) is 10.6. The molecule has 158 valence electrons. The molecule has 1 aliphatic heterocycles. The van der Waals surface area contributed by atoms with Gasteiger partial charge >= 0.3 is 0 Å². The van der Waals surface area contributed by atoms with E-state index in [0.717, 1.165) is 29.0 Å². The van der Waals surface area contributed by atoms with Gasteiger partial charge in [-0.25, -0.2) is 0 Å². The van der Waals surface area contributed by atoms with Crippen LogP contribution in [0.2, 0.25) is 0 Å². The van der Waals surface area contributed by atoms with Crippen molar-refractivity contribution in [3.8, 4) is 5.75 Å². The van der Waals surface area contributed by atoms with Crippen LogP contribution in [0, 0.1) is 0 Å². The third-order valence-corrected chi connectivity index (χ3v) is 5.67. The number of anilines is 1. The molecule has 0 saturated carbocycles. The molecule has 1 N–H and O–H groups in total. The Hall–Kier alpha value is -3.53. The summed E-state index contributed by atoms with van der Waals surface area (Å²) in [5.74, 6) is 0.791. The summed E-state index contributed by atoms with van der Waals surface area (Å²) >= 11 is 0. The molecule has 0 aromatic heterocycles. The molecule has 0 fully saturated rings. The van der Waals surface area contributed by atoms with Gasteiger partial charge in [0.2, 0.25) is 0 Å². The van der Waals surface area contributed by atoms with Crippen molar-refractivity contribution in [3.63, 3.8) is 0 Å². The van der Waals surface area contributed by atoms with E-state index in [-0.39, 0.29) is 5.91 Å². The number of ether oxygens (including phenoxy) is 1. The average molecular weight is 413 g/mol. The van der Waals surface area contributed by atoms with Crippen LogP contribution in [-0.2, 0) is 12.1 Å². The minimum Gasteiger partial charge on any atom is -0.489 e. The van der Waals surface area contributed by atoms with Crippen LogP contribution < -0.4 is 10.1 Å². The van der Waals surface area contributed by atoms with E-state index in [2.05, 4.69) is 31.0 Å². The fourth-order valence-electron chi connectivity index (χ4n) is 3.99. The van der Waals surface area contributed by atoms with Gasteiger partial charge in [0.1, 0.15) is 18.0 Å². The molecule has 0 bridgehead atoms. The average Bonchev–Trinajstić information content (AvgIpc) is 2.78. The Morgan fingerprint density at radius 2 is 1.77 bits per heavy atom. The molecule has 31 heavy (non-hydrogen) atoms. The minimum atomic E-state index is -0.706. The van der Waals surface area contributed by atoms with Crippen molar-refractivity contribution in [2.24, 2.45) is 0 Å². The highest BCUT2D eigenvalue weighted by Crippen LogP contribution is 2.38. The Kier molecular flexibility index (Phi) is 5.81. The fraction of sp³-hybridized carbons (Fsp3) is 0.222. The lowest BCUT2D eigenvalue weighted by molar-refractivity contribution is 0.0538. The number of nitrogens with one attached hydrogen (secondary N) is 1. The summed E-state index contributed by atoms with van der Waals surface area (Å²) in [6, 6.07) is 25.9. The zero-order chi connectivity index (χ0) is 21.8. The molecule has 0 aliphatic carbocycles. The van der Waals surface area contributed by atoms with E-state index >= 15 is 0 Å². The second-order valence-electron chi connectivity index (χ2n) is 8.21. The van der Waals surface area contributed by atoms with Gasteiger partial charge in [0.15, 0.2) is 0 Å². The molecule has 4 heteroatoms. The Morgan fingerprint density at radius 1 is 1.03 bits per heavy atom. The SMILES string of the molecule is C=C(C)COc1cccc(C2(C)Nc3ccccc3C(=O)N2CCc2ccccc2)c1. The monoisotopic (exact) mass is 412 g/mol. The standard InChI is InChI=1S/C27H28N2O2/c1-20(2)19-31-23-13-9-12-22(18-23)27(3)28-25-15-8-7-14-24(25)26(30)29(27)17-16-21-10-5-4-6-11-21/h4-15,18,28H,1,16-17,19H2,2-3H3. The van der Waals surface area contributed by atoms with E-state index in [1.807, 2.05) is 78.6 Å². The summed E-state index contributed by atoms with van der Waals surface area (Å²) in [6.07, 6.45) is 0.776. The van der Waals surface area contributed by atoms with Gasteiger partial charge in [0.05, 0.1) is 5.56 Å². The normalized spacial score (nSPS) is 17.6. The van der Waals surface area contributed by atoms with Gasteiger partial charge in [0.25, 0.3) is 5.91 Å². The van der Waals surface area contributed by atoms with Crippen molar-refractivity contribution >= 4 is 11.6 Å². The summed E-state index contributed by atoms with van der Waals surface area (Å²) in [4.78, 5) is 15.5. The van der Waals surface area contributed by atoms with Gasteiger partial charge < -0.3 is 15.0 Å². The molecule has 3 aromatic rings. The molecule has 4 nitrogen and oxygen atoms in total. The Morgan fingerprint density at radius 3 is 2.55 bits per heavy atom. The van der Waals surface area contributed by atoms with Crippen LogP contribution in [0.3, 0.4) is 0 Å². The zero-order valence-corrected chi connectivity index (χ0v) is 18.1. The van der Waals surface area contributed by atoms with Crippen LogP contribution in [0.4, 0.5) is 5.69 Å². The lowest BCUT2D eigenvalue weighted by Crippen LogP contribution is -2.56. The predicted octanol–water partition coefficient (Wildman–Crippen LogP) is 5.62. The maximum atomic E-state index is 13.6. The summed E-state index contributed by atoms with van der Waals surface area (Å²) in [5, 5.41) is 3.63. The van der Waals surface area contributed by atoms with Crippen molar-refractivity contribution in [2.45, 2.75) is 25.9 Å². The topological polar surface area (TPSA) is 41.6 Å². The zero-order valence-electron chi connectivity index (χ0n) is 18.1. The quantitative estimate of drug-likeness (QED) is 0.512. The van der Waals surface area contributed by atoms with Crippen molar-refractivity contribution in [2.75, 3.05) is 18.5 Å². The number of benzene rings is 3.